The minimum absolute atomic E-state index is 0. The first-order valence-corrected chi connectivity index (χ1v) is 21.5. The molecule has 314 valence electrons. The second kappa shape index (κ2) is 22.3. The van der Waals surface area contributed by atoms with Crippen LogP contribution in [0.25, 0.3) is 0 Å². The van der Waals surface area contributed by atoms with Gasteiger partial charge in [-0.3, -0.25) is 0 Å². The number of carbonyl (C=O) groups excluding carboxylic acids is 2. The molecule has 0 fully saturated rings. The van der Waals surface area contributed by atoms with E-state index in [2.05, 4.69) is 41.5 Å². The van der Waals surface area contributed by atoms with Crippen LogP contribution in [-0.2, 0) is 20.4 Å². The quantitative estimate of drug-likeness (QED) is 0.0905. The molecule has 0 aliphatic carbocycles. The van der Waals surface area contributed by atoms with Crippen LogP contribution < -0.4 is 10.2 Å². The topological polar surface area (TPSA) is 80.3 Å². The Morgan fingerprint density at radius 3 is 0.803 bits per heavy atom. The van der Waals surface area contributed by atoms with Crippen LogP contribution >= 0.6 is 0 Å². The van der Waals surface area contributed by atoms with E-state index in [-0.39, 0.29) is 50.0 Å². The van der Waals surface area contributed by atoms with Crippen LogP contribution in [0.4, 0.5) is 0 Å². The van der Waals surface area contributed by atoms with Gasteiger partial charge in [-0.15, -0.1) is 0 Å². The molecule has 61 heavy (non-hydrogen) atoms. The summed E-state index contributed by atoms with van der Waals surface area (Å²) < 4.78 is 0. The summed E-state index contributed by atoms with van der Waals surface area (Å²) in [5.74, 6) is -2.58. The van der Waals surface area contributed by atoms with E-state index in [1.54, 1.807) is 0 Å². The normalized spacial score (nSPS) is 12.8. The minimum atomic E-state index is -1.26. The molecule has 2 unspecified atom stereocenters. The summed E-state index contributed by atoms with van der Waals surface area (Å²) in [5.41, 5.74) is 2.99. The van der Waals surface area contributed by atoms with Crippen molar-refractivity contribution in [3.8, 4) is 0 Å². The Hall–Kier alpha value is -4.82. The Balaban J connectivity index is 0.000000264. The van der Waals surface area contributed by atoms with Gasteiger partial charge in [0.25, 0.3) is 0 Å². The van der Waals surface area contributed by atoms with Crippen LogP contribution in [0, 0.1) is 10.8 Å². The van der Waals surface area contributed by atoms with E-state index in [1.165, 1.54) is 0 Å². The third-order valence-electron chi connectivity index (χ3n) is 11.8. The number of carbonyl (C=O) groups is 2. The zero-order chi connectivity index (χ0) is 43.2. The Morgan fingerprint density at radius 2 is 0.607 bits per heavy atom. The van der Waals surface area contributed by atoms with Gasteiger partial charge >= 0.3 is 27.3 Å². The van der Waals surface area contributed by atoms with Crippen molar-refractivity contribution < 1.29 is 19.8 Å². The zero-order valence-electron chi connectivity index (χ0n) is 36.9. The van der Waals surface area contributed by atoms with Gasteiger partial charge in [0.1, 0.15) is 0 Å². The minimum Gasteiger partial charge on any atom is -0.549 e. The van der Waals surface area contributed by atoms with Crippen molar-refractivity contribution >= 4 is 39.2 Å². The van der Waals surface area contributed by atoms with Crippen molar-refractivity contribution in [1.29, 1.82) is 0 Å². The second-order valence-electron chi connectivity index (χ2n) is 18.5. The molecular weight excluding hydrogens is 944 g/mol. The van der Waals surface area contributed by atoms with Gasteiger partial charge < -0.3 is 19.8 Å². The van der Waals surface area contributed by atoms with Crippen LogP contribution in [0.5, 0.6) is 0 Å². The van der Waals surface area contributed by atoms with Gasteiger partial charge in [-0.1, -0.05) is 236 Å². The van der Waals surface area contributed by atoms with Crippen molar-refractivity contribution in [2.45, 2.75) is 103 Å². The molecule has 2 atom stereocenters. The van der Waals surface area contributed by atoms with Crippen molar-refractivity contribution in [3.63, 3.8) is 0 Å². The van der Waals surface area contributed by atoms with Crippen molar-refractivity contribution in [1.82, 2.24) is 0 Å². The van der Waals surface area contributed by atoms with E-state index < -0.39 is 22.8 Å². The van der Waals surface area contributed by atoms with Gasteiger partial charge in [-0.05, 0) is 69.9 Å². The van der Waals surface area contributed by atoms with Crippen molar-refractivity contribution in [2.24, 2.45) is 10.8 Å². The standard InChI is InChI=1S/2C28H32O2.Pb/c2*1-27(2,3)21-13-20-25(22-14-7-4-8-15-22)28(26(29)30,23-16-9-5-10-17-23)24-18-11-6-12-19-24;/h2*4-12,14-19,25H,13,20-21H2,1-3H3,(H,29,30);/q;;+2/p-2. The molecule has 0 heterocycles. The first-order chi connectivity index (χ1) is 28.7. The van der Waals surface area contributed by atoms with E-state index >= 15 is 0 Å². The first kappa shape index (κ1) is 48.8. The van der Waals surface area contributed by atoms with Gasteiger partial charge in [0.15, 0.2) is 0 Å². The molecule has 2 radical (unpaired) electrons. The third kappa shape index (κ3) is 12.2. The Labute approximate surface area is 385 Å². The molecule has 0 aliphatic rings. The van der Waals surface area contributed by atoms with E-state index in [4.69, 9.17) is 0 Å². The van der Waals surface area contributed by atoms with Gasteiger partial charge in [-0.2, -0.15) is 0 Å². The van der Waals surface area contributed by atoms with Crippen LogP contribution in [0.1, 0.15) is 125 Å². The molecule has 0 spiro atoms. The van der Waals surface area contributed by atoms with Gasteiger partial charge in [-0.25, -0.2) is 0 Å². The summed E-state index contributed by atoms with van der Waals surface area (Å²) in [5, 5.41) is 26.2. The molecule has 0 amide bonds. The molecule has 4 nitrogen and oxygen atoms in total. The smallest absolute Gasteiger partial charge is 0.549 e. The van der Waals surface area contributed by atoms with Crippen molar-refractivity contribution in [2.75, 3.05) is 0 Å². The van der Waals surface area contributed by atoms with E-state index in [0.29, 0.717) is 0 Å². The van der Waals surface area contributed by atoms with Gasteiger partial charge in [0, 0.05) is 11.8 Å². The monoisotopic (exact) mass is 1010 g/mol. The predicted molar refractivity (Wildman–Crippen MR) is 248 cm³/mol. The van der Waals surface area contributed by atoms with Crippen LogP contribution in [0.3, 0.4) is 0 Å². The molecule has 6 aromatic carbocycles. The largest absolute Gasteiger partial charge is 2.00 e. The SMILES string of the molecule is CC(C)(C)CCCC(c1ccccc1)C(C(=O)[O-])(c1ccccc1)c1ccccc1.CC(C)(C)CCCC(c1ccccc1)C(C(=O)[O-])(c1ccccc1)c1ccccc1.[Pb+2]. The van der Waals surface area contributed by atoms with Crippen LogP contribution in [0.15, 0.2) is 182 Å². The Bertz CT molecular complexity index is 1940. The average Bonchev–Trinajstić information content (AvgIpc) is 3.24. The first-order valence-electron chi connectivity index (χ1n) is 21.5. The maximum absolute atomic E-state index is 13.1. The average molecular weight is 1010 g/mol. The van der Waals surface area contributed by atoms with Gasteiger partial charge in [0.2, 0.25) is 0 Å². The Kier molecular flexibility index (Phi) is 17.9. The molecule has 0 aromatic heterocycles. The fourth-order valence-electron chi connectivity index (χ4n) is 9.01. The van der Waals surface area contributed by atoms with Crippen molar-refractivity contribution in [3.05, 3.63) is 215 Å². The number of benzene rings is 6. The second-order valence-corrected chi connectivity index (χ2v) is 18.5. The molecular formula is C56H62O4Pb. The molecule has 6 rings (SSSR count). The summed E-state index contributed by atoms with van der Waals surface area (Å²) in [6.45, 7) is 13.4. The molecule has 0 saturated carbocycles. The predicted octanol–water partition coefficient (Wildman–Crippen LogP) is 11.1. The number of carboxylic acids is 2. The Morgan fingerprint density at radius 1 is 0.393 bits per heavy atom. The number of rotatable bonds is 16. The molecule has 0 N–H and O–H groups in total. The number of hydrogen-bond acceptors (Lipinski definition) is 4. The van der Waals surface area contributed by atoms with Crippen LogP contribution in [-0.4, -0.2) is 39.2 Å². The zero-order valence-corrected chi connectivity index (χ0v) is 40.7. The molecule has 6 aromatic rings. The third-order valence-corrected chi connectivity index (χ3v) is 11.8. The molecule has 0 aliphatic heterocycles. The number of carboxylic acid groups (broad SMARTS) is 2. The fourth-order valence-corrected chi connectivity index (χ4v) is 9.01. The summed E-state index contributed by atoms with van der Waals surface area (Å²) in [7, 11) is 0. The number of aliphatic carboxylic acids is 2. The summed E-state index contributed by atoms with van der Waals surface area (Å²) in [6.07, 6.45) is 5.47. The van der Waals surface area contributed by atoms with E-state index in [9.17, 15) is 19.8 Å². The fraction of sp³-hybridized carbons (Fsp3) is 0.321. The molecule has 0 bridgehead atoms. The molecule has 0 saturated heterocycles. The van der Waals surface area contributed by atoms with Gasteiger partial charge in [0.05, 0.1) is 22.8 Å². The van der Waals surface area contributed by atoms with Crippen LogP contribution in [0.2, 0.25) is 0 Å². The maximum atomic E-state index is 13.1. The van der Waals surface area contributed by atoms with E-state index in [0.717, 1.165) is 71.9 Å². The number of hydrogen-bond donors (Lipinski definition) is 0. The maximum Gasteiger partial charge on any atom is 2.00 e. The summed E-state index contributed by atoms with van der Waals surface area (Å²) in [4.78, 5) is 26.2. The summed E-state index contributed by atoms with van der Waals surface area (Å²) >= 11 is 0. The van der Waals surface area contributed by atoms with E-state index in [1.807, 2.05) is 182 Å². The summed E-state index contributed by atoms with van der Waals surface area (Å²) in [6, 6.07) is 58.4. The molecule has 5 heteroatoms.